The van der Waals surface area contributed by atoms with E-state index < -0.39 is 11.9 Å². The molecule has 0 unspecified atom stereocenters. The Morgan fingerprint density at radius 1 is 1.06 bits per heavy atom. The van der Waals surface area contributed by atoms with E-state index in [9.17, 15) is 9.59 Å². The minimum absolute atomic E-state index is 0.0395. The molecule has 0 saturated carbocycles. The van der Waals surface area contributed by atoms with Gasteiger partial charge in [-0.05, 0) is 36.2 Å². The molecule has 6 nitrogen and oxygen atoms in total. The van der Waals surface area contributed by atoms with Crippen LogP contribution in [0.1, 0.15) is 29.4 Å². The van der Waals surface area contributed by atoms with Gasteiger partial charge in [0.15, 0.2) is 10.9 Å². The topological polar surface area (TPSA) is 84.0 Å². The first-order valence-electron chi connectivity index (χ1n) is 10.0. The van der Waals surface area contributed by atoms with Gasteiger partial charge in [-0.2, -0.15) is 0 Å². The lowest BCUT2D eigenvalue weighted by Gasteiger charge is -2.19. The predicted octanol–water partition coefficient (Wildman–Crippen LogP) is 5.27. The molecule has 0 bridgehead atoms. The number of thioether (sulfide) groups is 1. The van der Waals surface area contributed by atoms with Crippen molar-refractivity contribution in [3.8, 4) is 0 Å². The van der Waals surface area contributed by atoms with Crippen LogP contribution in [-0.2, 0) is 11.2 Å². The van der Waals surface area contributed by atoms with Gasteiger partial charge in [-0.1, -0.05) is 72.2 Å². The smallest absolute Gasteiger partial charge is 0.272 e. The Bertz CT molecular complexity index is 1070. The number of nitrogens with zero attached hydrogens (tertiary/aromatic N) is 2. The summed E-state index contributed by atoms with van der Waals surface area (Å²) in [5.74, 6) is -0.0822. The van der Waals surface area contributed by atoms with E-state index in [4.69, 9.17) is 23.2 Å². The van der Waals surface area contributed by atoms with Crippen LogP contribution in [0.15, 0.2) is 66.0 Å². The van der Waals surface area contributed by atoms with Crippen LogP contribution in [0.2, 0.25) is 10.0 Å². The molecule has 0 aliphatic heterocycles. The Morgan fingerprint density at radius 2 is 1.78 bits per heavy atom. The van der Waals surface area contributed by atoms with Gasteiger partial charge in [0.25, 0.3) is 5.91 Å². The zero-order valence-electron chi connectivity index (χ0n) is 17.3. The van der Waals surface area contributed by atoms with Gasteiger partial charge < -0.3 is 10.6 Å². The number of amides is 2. The maximum absolute atomic E-state index is 13.0. The van der Waals surface area contributed by atoms with Crippen molar-refractivity contribution in [3.63, 3.8) is 0 Å². The molecule has 1 aromatic heterocycles. The number of anilines is 1. The summed E-state index contributed by atoms with van der Waals surface area (Å²) in [7, 11) is 0. The van der Waals surface area contributed by atoms with Gasteiger partial charge in [-0.25, -0.2) is 9.97 Å². The number of nitrogens with one attached hydrogen (secondary N) is 2. The van der Waals surface area contributed by atoms with E-state index in [-0.39, 0.29) is 16.6 Å². The molecule has 1 atom stereocenters. The standard InChI is InChI=1S/C23H22Cl2N4O2S/c1-2-12-32-23-26-14-18(25)20(29-23)22(31)28-19(13-15-6-4-3-5-7-15)21(30)27-17-10-8-16(24)9-11-17/h3-11,14,19H,2,12-13H2,1H3,(H,27,30)(H,28,31)/t19-/m1/s1. The molecular weight excluding hydrogens is 467 g/mol. The summed E-state index contributed by atoms with van der Waals surface area (Å²) >= 11 is 13.5. The minimum Gasteiger partial charge on any atom is -0.338 e. The summed E-state index contributed by atoms with van der Waals surface area (Å²) in [5, 5.41) is 6.75. The average Bonchev–Trinajstić information content (AvgIpc) is 2.80. The molecule has 0 aliphatic rings. The Kier molecular flexibility index (Phi) is 8.90. The van der Waals surface area contributed by atoms with E-state index in [0.717, 1.165) is 17.7 Å². The van der Waals surface area contributed by atoms with Crippen LogP contribution in [0.5, 0.6) is 0 Å². The van der Waals surface area contributed by atoms with Crippen LogP contribution in [0.3, 0.4) is 0 Å². The van der Waals surface area contributed by atoms with Gasteiger partial charge >= 0.3 is 0 Å². The Balaban J connectivity index is 1.80. The second-order valence-electron chi connectivity index (χ2n) is 6.91. The van der Waals surface area contributed by atoms with E-state index in [1.807, 2.05) is 37.3 Å². The molecular formula is C23H22Cl2N4O2S. The summed E-state index contributed by atoms with van der Waals surface area (Å²) in [6.07, 6.45) is 2.65. The molecule has 3 rings (SSSR count). The molecule has 9 heteroatoms. The molecule has 2 aromatic carbocycles. The lowest BCUT2D eigenvalue weighted by Crippen LogP contribution is -2.45. The van der Waals surface area contributed by atoms with E-state index in [0.29, 0.717) is 22.3 Å². The van der Waals surface area contributed by atoms with Gasteiger partial charge in [-0.3, -0.25) is 9.59 Å². The van der Waals surface area contributed by atoms with Gasteiger partial charge in [0.1, 0.15) is 6.04 Å². The predicted molar refractivity (Wildman–Crippen MR) is 130 cm³/mol. The molecule has 0 saturated heterocycles. The highest BCUT2D eigenvalue weighted by atomic mass is 35.5. The summed E-state index contributed by atoms with van der Waals surface area (Å²) < 4.78 is 0. The molecule has 32 heavy (non-hydrogen) atoms. The van der Waals surface area contributed by atoms with Crippen LogP contribution in [0.4, 0.5) is 5.69 Å². The number of halogens is 2. The van der Waals surface area contributed by atoms with Crippen LogP contribution in [-0.4, -0.2) is 33.6 Å². The molecule has 1 heterocycles. The summed E-state index contributed by atoms with van der Waals surface area (Å²) in [5.41, 5.74) is 1.51. The third-order valence-electron chi connectivity index (χ3n) is 4.39. The normalized spacial score (nSPS) is 11.6. The van der Waals surface area contributed by atoms with Crippen LogP contribution in [0.25, 0.3) is 0 Å². The first-order chi connectivity index (χ1) is 15.5. The monoisotopic (exact) mass is 488 g/mol. The van der Waals surface area contributed by atoms with E-state index in [1.165, 1.54) is 18.0 Å². The van der Waals surface area contributed by atoms with Gasteiger partial charge in [0.2, 0.25) is 5.91 Å². The van der Waals surface area contributed by atoms with E-state index >= 15 is 0 Å². The van der Waals surface area contributed by atoms with Crippen molar-refractivity contribution in [3.05, 3.63) is 82.1 Å². The number of hydrogen-bond donors (Lipinski definition) is 2. The number of benzene rings is 2. The number of carbonyl (C=O) groups is 2. The first kappa shape index (κ1) is 24.0. The molecule has 2 amide bonds. The zero-order valence-corrected chi connectivity index (χ0v) is 19.7. The first-order valence-corrected chi connectivity index (χ1v) is 11.8. The van der Waals surface area contributed by atoms with Crippen molar-refractivity contribution in [1.29, 1.82) is 0 Å². The van der Waals surface area contributed by atoms with Crippen molar-refractivity contribution in [2.75, 3.05) is 11.1 Å². The highest BCUT2D eigenvalue weighted by Crippen LogP contribution is 2.19. The maximum Gasteiger partial charge on any atom is 0.272 e. The lowest BCUT2D eigenvalue weighted by atomic mass is 10.0. The number of rotatable bonds is 9. The van der Waals surface area contributed by atoms with Gasteiger partial charge in [-0.15, -0.1) is 0 Å². The maximum atomic E-state index is 13.0. The van der Waals surface area contributed by atoms with Crippen LogP contribution >= 0.6 is 35.0 Å². The SMILES string of the molecule is CCCSc1ncc(Cl)c(C(=O)N[C@H](Cc2ccccc2)C(=O)Nc2ccc(Cl)cc2)n1. The third-order valence-corrected chi connectivity index (χ3v) is 5.98. The summed E-state index contributed by atoms with van der Waals surface area (Å²) in [6.45, 7) is 2.05. The van der Waals surface area contributed by atoms with Crippen molar-refractivity contribution in [1.82, 2.24) is 15.3 Å². The van der Waals surface area contributed by atoms with Crippen molar-refractivity contribution >= 4 is 52.5 Å². The van der Waals surface area contributed by atoms with E-state index in [1.54, 1.807) is 24.3 Å². The van der Waals surface area contributed by atoms with Crippen molar-refractivity contribution < 1.29 is 9.59 Å². The zero-order chi connectivity index (χ0) is 22.9. The number of carbonyl (C=O) groups excluding carboxylic acids is 2. The van der Waals surface area contributed by atoms with Crippen LogP contribution in [0, 0.1) is 0 Å². The van der Waals surface area contributed by atoms with E-state index in [2.05, 4.69) is 20.6 Å². The van der Waals surface area contributed by atoms with Gasteiger partial charge in [0, 0.05) is 22.9 Å². The minimum atomic E-state index is -0.849. The van der Waals surface area contributed by atoms with Crippen LogP contribution < -0.4 is 10.6 Å². The van der Waals surface area contributed by atoms with Gasteiger partial charge in [0.05, 0.1) is 11.2 Å². The third kappa shape index (κ3) is 6.95. The second kappa shape index (κ2) is 11.9. The Labute approximate surface area is 201 Å². The largest absolute Gasteiger partial charge is 0.338 e. The quantitative estimate of drug-likeness (QED) is 0.316. The fourth-order valence-electron chi connectivity index (χ4n) is 2.82. The Morgan fingerprint density at radius 3 is 2.47 bits per heavy atom. The average molecular weight is 489 g/mol. The molecule has 0 fully saturated rings. The van der Waals surface area contributed by atoms with Crippen molar-refractivity contribution in [2.45, 2.75) is 31.0 Å². The highest BCUT2D eigenvalue weighted by molar-refractivity contribution is 7.99. The fourth-order valence-corrected chi connectivity index (χ4v) is 3.79. The summed E-state index contributed by atoms with van der Waals surface area (Å²) in [4.78, 5) is 34.5. The number of aromatic nitrogens is 2. The highest BCUT2D eigenvalue weighted by Gasteiger charge is 2.24. The number of hydrogen-bond acceptors (Lipinski definition) is 5. The molecule has 0 radical (unpaired) electrons. The molecule has 2 N–H and O–H groups in total. The fraction of sp³-hybridized carbons (Fsp3) is 0.217. The second-order valence-corrected chi connectivity index (χ2v) is 8.82. The van der Waals surface area contributed by atoms with Crippen molar-refractivity contribution in [2.24, 2.45) is 0 Å². The molecule has 0 spiro atoms. The molecule has 0 aliphatic carbocycles. The molecule has 3 aromatic rings. The Hall–Kier alpha value is -2.61. The molecule has 166 valence electrons. The lowest BCUT2D eigenvalue weighted by molar-refractivity contribution is -0.118. The summed E-state index contributed by atoms with van der Waals surface area (Å²) in [6, 6.07) is 15.3.